The molecule has 0 saturated carbocycles. The summed E-state index contributed by atoms with van der Waals surface area (Å²) >= 11 is 1.69. The number of nitrogens with zero attached hydrogens (tertiary/aromatic N) is 1. The highest BCUT2D eigenvalue weighted by atomic mass is 32.1. The number of furan rings is 1. The van der Waals surface area contributed by atoms with Crippen molar-refractivity contribution < 1.29 is 14.0 Å². The van der Waals surface area contributed by atoms with E-state index in [9.17, 15) is 9.59 Å². The number of rotatable bonds is 2. The normalized spacial score (nSPS) is 20.8. The summed E-state index contributed by atoms with van der Waals surface area (Å²) in [7, 11) is 0. The lowest BCUT2D eigenvalue weighted by Gasteiger charge is -2.23. The zero-order chi connectivity index (χ0) is 16.0. The number of ketones is 1. The first-order valence-electron chi connectivity index (χ1n) is 8.16. The Bertz CT molecular complexity index is 760. The van der Waals surface area contributed by atoms with Gasteiger partial charge in [0.1, 0.15) is 5.76 Å². The van der Waals surface area contributed by atoms with E-state index < -0.39 is 0 Å². The first kappa shape index (κ1) is 14.7. The molecule has 5 heteroatoms. The molecule has 2 aliphatic rings. The van der Waals surface area contributed by atoms with Gasteiger partial charge in [-0.25, -0.2) is 0 Å². The average Bonchev–Trinajstić information content (AvgIpc) is 3.26. The molecule has 1 aliphatic heterocycles. The standard InChI is InChI=1S/C18H19NO3S/c1-11-16-13(20)6-2-7-14(16)22-17(11)18(21)19-9-3-5-12(19)15-8-4-10-23-15/h4,8,10,12H,2-3,5-7,9H2,1H3. The molecule has 1 unspecified atom stereocenters. The number of carbonyl (C=O) groups excluding carboxylic acids is 2. The molecule has 0 bridgehead atoms. The van der Waals surface area contributed by atoms with Crippen LogP contribution in [0, 0.1) is 6.92 Å². The van der Waals surface area contributed by atoms with Crippen molar-refractivity contribution in [3.8, 4) is 0 Å². The molecule has 1 fully saturated rings. The minimum Gasteiger partial charge on any atom is -0.455 e. The number of carbonyl (C=O) groups is 2. The number of Topliss-reactive ketones (excluding diaryl/α,β-unsaturated/α-hetero) is 1. The first-order chi connectivity index (χ1) is 11.2. The average molecular weight is 329 g/mol. The van der Waals surface area contributed by atoms with Crippen LogP contribution in [0.5, 0.6) is 0 Å². The van der Waals surface area contributed by atoms with Crippen molar-refractivity contribution in [1.82, 2.24) is 4.90 Å². The predicted octanol–water partition coefficient (Wildman–Crippen LogP) is 4.15. The van der Waals surface area contributed by atoms with E-state index in [0.29, 0.717) is 23.5 Å². The van der Waals surface area contributed by atoms with E-state index in [1.165, 1.54) is 4.88 Å². The third-order valence-corrected chi connectivity index (χ3v) is 5.86. The van der Waals surface area contributed by atoms with Crippen LogP contribution >= 0.6 is 11.3 Å². The summed E-state index contributed by atoms with van der Waals surface area (Å²) in [6, 6.07) is 4.25. The second kappa shape index (κ2) is 5.64. The van der Waals surface area contributed by atoms with E-state index in [4.69, 9.17) is 4.42 Å². The van der Waals surface area contributed by atoms with Gasteiger partial charge >= 0.3 is 0 Å². The highest BCUT2D eigenvalue weighted by Gasteiger charge is 2.36. The maximum Gasteiger partial charge on any atom is 0.290 e. The number of fused-ring (bicyclic) bond motifs is 1. The molecule has 3 heterocycles. The van der Waals surface area contributed by atoms with Gasteiger partial charge in [-0.3, -0.25) is 9.59 Å². The molecular weight excluding hydrogens is 310 g/mol. The smallest absolute Gasteiger partial charge is 0.290 e. The minimum absolute atomic E-state index is 0.0689. The Hall–Kier alpha value is -1.88. The fourth-order valence-corrected chi connectivity index (χ4v) is 4.64. The maximum absolute atomic E-state index is 13.0. The summed E-state index contributed by atoms with van der Waals surface area (Å²) in [6.07, 6.45) is 4.12. The SMILES string of the molecule is Cc1c(C(=O)N2CCCC2c2cccs2)oc2c1C(=O)CCC2. The monoisotopic (exact) mass is 329 g/mol. The van der Waals surface area contributed by atoms with Gasteiger partial charge in [-0.1, -0.05) is 6.07 Å². The third kappa shape index (κ3) is 2.34. The topological polar surface area (TPSA) is 50.5 Å². The van der Waals surface area contributed by atoms with Gasteiger partial charge in [0.2, 0.25) is 0 Å². The fraction of sp³-hybridized carbons (Fsp3) is 0.444. The second-order valence-corrected chi connectivity index (χ2v) is 7.28. The molecule has 2 aromatic heterocycles. The van der Waals surface area contributed by atoms with E-state index in [1.807, 2.05) is 23.3 Å². The van der Waals surface area contributed by atoms with E-state index in [2.05, 4.69) is 6.07 Å². The van der Waals surface area contributed by atoms with Crippen molar-refractivity contribution in [3.05, 3.63) is 45.0 Å². The first-order valence-corrected chi connectivity index (χ1v) is 9.04. The van der Waals surface area contributed by atoms with Crippen LogP contribution in [-0.2, 0) is 6.42 Å². The highest BCUT2D eigenvalue weighted by Crippen LogP contribution is 2.37. The Kier molecular flexibility index (Phi) is 3.60. The molecule has 4 nitrogen and oxygen atoms in total. The van der Waals surface area contributed by atoms with Gasteiger partial charge in [0.05, 0.1) is 11.6 Å². The molecule has 0 spiro atoms. The van der Waals surface area contributed by atoms with Gasteiger partial charge in [-0.2, -0.15) is 0 Å². The van der Waals surface area contributed by atoms with Crippen molar-refractivity contribution in [3.63, 3.8) is 0 Å². The number of amides is 1. The van der Waals surface area contributed by atoms with Gasteiger partial charge < -0.3 is 9.32 Å². The number of thiophene rings is 1. The molecule has 0 radical (unpaired) electrons. The van der Waals surface area contributed by atoms with Crippen molar-refractivity contribution in [2.24, 2.45) is 0 Å². The Morgan fingerprint density at radius 1 is 1.35 bits per heavy atom. The van der Waals surface area contributed by atoms with Crippen LogP contribution < -0.4 is 0 Å². The number of hydrogen-bond acceptors (Lipinski definition) is 4. The fourth-order valence-electron chi connectivity index (χ4n) is 3.77. The molecular formula is C18H19NO3S. The molecule has 23 heavy (non-hydrogen) atoms. The molecule has 2 aromatic rings. The van der Waals surface area contributed by atoms with Crippen molar-refractivity contribution >= 4 is 23.0 Å². The Balaban J connectivity index is 1.68. The summed E-state index contributed by atoms with van der Waals surface area (Å²) in [5.41, 5.74) is 1.39. The molecule has 0 N–H and O–H groups in total. The number of likely N-dealkylation sites (tertiary alicyclic amines) is 1. The van der Waals surface area contributed by atoms with Gasteiger partial charge in [-0.15, -0.1) is 11.3 Å². The lowest BCUT2D eigenvalue weighted by molar-refractivity contribution is 0.0702. The van der Waals surface area contributed by atoms with Gasteiger partial charge in [-0.05, 0) is 37.6 Å². The quantitative estimate of drug-likeness (QED) is 0.832. The largest absolute Gasteiger partial charge is 0.455 e. The van der Waals surface area contributed by atoms with Crippen LogP contribution in [0.15, 0.2) is 21.9 Å². The summed E-state index contributed by atoms with van der Waals surface area (Å²) in [4.78, 5) is 28.3. The summed E-state index contributed by atoms with van der Waals surface area (Å²) in [6.45, 7) is 2.59. The molecule has 1 aliphatic carbocycles. The van der Waals surface area contributed by atoms with Crippen LogP contribution in [0.25, 0.3) is 0 Å². The van der Waals surface area contributed by atoms with Gasteiger partial charge in [0.15, 0.2) is 11.5 Å². The molecule has 0 aromatic carbocycles. The van der Waals surface area contributed by atoms with E-state index in [-0.39, 0.29) is 17.7 Å². The zero-order valence-corrected chi connectivity index (χ0v) is 13.9. The Labute approximate surface area is 139 Å². The molecule has 4 rings (SSSR count). The maximum atomic E-state index is 13.0. The third-order valence-electron chi connectivity index (χ3n) is 4.89. The predicted molar refractivity (Wildman–Crippen MR) is 88.0 cm³/mol. The van der Waals surface area contributed by atoms with Gasteiger partial charge in [0.25, 0.3) is 5.91 Å². The van der Waals surface area contributed by atoms with E-state index >= 15 is 0 Å². The highest BCUT2D eigenvalue weighted by molar-refractivity contribution is 7.10. The van der Waals surface area contributed by atoms with Crippen LogP contribution in [0.2, 0.25) is 0 Å². The van der Waals surface area contributed by atoms with Crippen molar-refractivity contribution in [1.29, 1.82) is 0 Å². The lowest BCUT2D eigenvalue weighted by Crippen LogP contribution is -2.30. The number of aryl methyl sites for hydroxylation is 1. The minimum atomic E-state index is -0.0689. The lowest BCUT2D eigenvalue weighted by atomic mass is 9.94. The molecule has 1 saturated heterocycles. The van der Waals surface area contributed by atoms with Crippen molar-refractivity contribution in [2.45, 2.75) is 45.1 Å². The molecule has 1 amide bonds. The second-order valence-electron chi connectivity index (χ2n) is 6.30. The van der Waals surface area contributed by atoms with Crippen LogP contribution in [0.3, 0.4) is 0 Å². The van der Waals surface area contributed by atoms with E-state index in [0.717, 1.165) is 37.8 Å². The Morgan fingerprint density at radius 2 is 2.22 bits per heavy atom. The molecule has 1 atom stereocenters. The van der Waals surface area contributed by atoms with Crippen LogP contribution in [0.4, 0.5) is 0 Å². The van der Waals surface area contributed by atoms with Crippen LogP contribution in [0.1, 0.15) is 68.8 Å². The summed E-state index contributed by atoms with van der Waals surface area (Å²) in [5, 5.41) is 2.05. The van der Waals surface area contributed by atoms with Crippen LogP contribution in [-0.4, -0.2) is 23.1 Å². The molecule has 120 valence electrons. The zero-order valence-electron chi connectivity index (χ0n) is 13.1. The number of hydrogen-bond donors (Lipinski definition) is 0. The van der Waals surface area contributed by atoms with E-state index in [1.54, 1.807) is 11.3 Å². The van der Waals surface area contributed by atoms with Crippen molar-refractivity contribution in [2.75, 3.05) is 6.54 Å². The summed E-state index contributed by atoms with van der Waals surface area (Å²) in [5.74, 6) is 1.12. The Morgan fingerprint density at radius 3 is 2.96 bits per heavy atom. The summed E-state index contributed by atoms with van der Waals surface area (Å²) < 4.78 is 5.84. The van der Waals surface area contributed by atoms with Gasteiger partial charge in [0, 0.05) is 29.8 Å².